The molecule has 0 atom stereocenters. The molecule has 0 aliphatic heterocycles. The first-order valence-corrected chi connectivity index (χ1v) is 50.3. The van der Waals surface area contributed by atoms with Crippen LogP contribution < -0.4 is 0 Å². The zero-order valence-electron chi connectivity index (χ0n) is 82.4. The Hall–Kier alpha value is -9.92. The lowest BCUT2D eigenvalue weighted by molar-refractivity contribution is 0.143. The van der Waals surface area contributed by atoms with Gasteiger partial charge in [-0.05, 0) is 322 Å². The number of benzene rings is 8. The summed E-state index contributed by atoms with van der Waals surface area (Å²) in [6.07, 6.45) is 43.5. The molecule has 0 radical (unpaired) electrons. The third-order valence-electron chi connectivity index (χ3n) is 24.4. The first kappa shape index (κ1) is 104. The highest BCUT2D eigenvalue weighted by Gasteiger charge is 2.39. The number of aryl methyl sites for hydroxylation is 8. The van der Waals surface area contributed by atoms with Crippen LogP contribution in [-0.2, 0) is 56.8 Å². The van der Waals surface area contributed by atoms with Crippen LogP contribution in [0.1, 0.15) is 450 Å². The van der Waals surface area contributed by atoms with Crippen molar-refractivity contribution in [1.29, 1.82) is 0 Å². The quantitative estimate of drug-likeness (QED) is 0.0174. The Morgan fingerprint density at radius 2 is 0.318 bits per heavy atom. The second kappa shape index (κ2) is 54.7. The van der Waals surface area contributed by atoms with Gasteiger partial charge in [-0.2, -0.15) is 0 Å². The van der Waals surface area contributed by atoms with Gasteiger partial charge >= 0.3 is 0 Å². The van der Waals surface area contributed by atoms with Crippen LogP contribution >= 0.6 is 0 Å². The van der Waals surface area contributed by atoms with Gasteiger partial charge in [-0.25, -0.2) is 0 Å². The molecule has 0 aromatic heterocycles. The van der Waals surface area contributed by atoms with Crippen molar-refractivity contribution in [3.63, 3.8) is 0 Å². The Bertz CT molecular complexity index is 4700. The average Bonchev–Trinajstić information content (AvgIpc) is 0.729. The number of hydrogen-bond donors (Lipinski definition) is 4. The minimum Gasteiger partial charge on any atom is -0.378 e. The predicted molar refractivity (Wildman–Crippen MR) is 550 cm³/mol. The highest BCUT2D eigenvalue weighted by Crippen LogP contribution is 2.46. The van der Waals surface area contributed by atoms with Gasteiger partial charge in [0.15, 0.2) is 0 Å². The molecule has 0 bridgehead atoms. The summed E-state index contributed by atoms with van der Waals surface area (Å²) in [6, 6.07) is 54.4. The maximum absolute atomic E-state index is 10.9. The summed E-state index contributed by atoms with van der Waals surface area (Å²) in [7, 11) is 0. The first-order chi connectivity index (χ1) is 62.1. The van der Waals surface area contributed by atoms with Crippen LogP contribution in [-0.4, -0.2) is 42.8 Å². The molecule has 0 saturated heterocycles. The van der Waals surface area contributed by atoms with Crippen molar-refractivity contribution in [3.8, 4) is 94.7 Å². The van der Waals surface area contributed by atoms with Crippen LogP contribution in [0.5, 0.6) is 0 Å². The second-order valence-corrected chi connectivity index (χ2v) is 38.4. The zero-order chi connectivity index (χ0) is 92.9. The highest BCUT2D eigenvalue weighted by atomic mass is 16.3. The van der Waals surface area contributed by atoms with Gasteiger partial charge in [0.2, 0.25) is 0 Å². The summed E-state index contributed by atoms with van der Waals surface area (Å²) in [6.45, 7) is 32.2. The summed E-state index contributed by atoms with van der Waals surface area (Å²) in [4.78, 5) is 0. The molecule has 4 heteroatoms. The van der Waals surface area contributed by atoms with Crippen molar-refractivity contribution in [3.05, 3.63) is 279 Å². The largest absolute Gasteiger partial charge is 0.378 e. The molecule has 4 nitrogen and oxygen atoms in total. The van der Waals surface area contributed by atoms with Gasteiger partial charge in [-0.15, -0.1) is 0 Å². The molecule has 0 heterocycles. The fourth-order valence-corrected chi connectivity index (χ4v) is 16.9. The van der Waals surface area contributed by atoms with E-state index in [0.29, 0.717) is 0 Å². The van der Waals surface area contributed by atoms with E-state index in [1.807, 2.05) is 0 Å². The number of hydrogen-bond acceptors (Lipinski definition) is 4. The molecule has 129 heavy (non-hydrogen) atoms. The lowest BCUT2D eigenvalue weighted by atomic mass is 9.65. The van der Waals surface area contributed by atoms with Crippen LogP contribution in [0.25, 0.3) is 0 Å². The summed E-state index contributed by atoms with van der Waals surface area (Å²) in [5.74, 6) is 56.4. The summed E-state index contributed by atoms with van der Waals surface area (Å²) in [5.41, 5.74) is 20.1. The molecule has 8 aromatic carbocycles. The van der Waals surface area contributed by atoms with Gasteiger partial charge in [-0.1, -0.05) is 353 Å². The van der Waals surface area contributed by atoms with Gasteiger partial charge < -0.3 is 20.4 Å². The minimum absolute atomic E-state index is 0.896. The monoisotopic (exact) mass is 1720 g/mol. The number of unbranched alkanes of at least 4 members (excludes halogenated alkanes) is 24. The summed E-state index contributed by atoms with van der Waals surface area (Å²) in [5, 5.41) is 43.6. The first-order valence-electron chi connectivity index (χ1n) is 50.3. The normalized spacial score (nSPS) is 11.4. The molecular weight excluding hydrogens is 1570 g/mol. The molecule has 0 fully saturated rings. The molecule has 0 amide bonds. The fraction of sp³-hybridized carbons (Fsp3) is 0.488. The lowest BCUT2D eigenvalue weighted by Gasteiger charge is -2.37. The maximum atomic E-state index is 10.9. The van der Waals surface area contributed by atoms with Gasteiger partial charge in [0.1, 0.15) is 22.4 Å². The predicted octanol–water partition coefficient (Wildman–Crippen LogP) is 29.1. The second-order valence-electron chi connectivity index (χ2n) is 38.4. The van der Waals surface area contributed by atoms with E-state index >= 15 is 0 Å². The summed E-state index contributed by atoms with van der Waals surface area (Å²) < 4.78 is 0. The smallest absolute Gasteiger partial charge is 0.120 e. The average molecular weight is 1720 g/mol. The number of aliphatic hydroxyl groups is 4. The molecule has 0 unspecified atom stereocenters. The van der Waals surface area contributed by atoms with E-state index in [2.05, 4.69) is 296 Å². The molecule has 0 aliphatic rings. The molecule has 8 aromatic rings. The van der Waals surface area contributed by atoms with Crippen molar-refractivity contribution in [2.75, 3.05) is 0 Å². The molecule has 4 N–H and O–H groups in total. The topological polar surface area (TPSA) is 80.9 Å². The fourth-order valence-electron chi connectivity index (χ4n) is 16.9. The highest BCUT2D eigenvalue weighted by molar-refractivity contribution is 5.65. The van der Waals surface area contributed by atoms with Crippen LogP contribution in [0.4, 0.5) is 0 Å². The molecular formula is C125H156O4. The zero-order valence-corrected chi connectivity index (χ0v) is 82.4. The van der Waals surface area contributed by atoms with Crippen LogP contribution in [0, 0.1) is 94.7 Å². The van der Waals surface area contributed by atoms with Crippen LogP contribution in [0.2, 0.25) is 0 Å². The van der Waals surface area contributed by atoms with Crippen molar-refractivity contribution < 1.29 is 20.4 Å². The van der Waals surface area contributed by atoms with Gasteiger partial charge in [0.25, 0.3) is 0 Å². The van der Waals surface area contributed by atoms with Crippen molar-refractivity contribution in [2.45, 2.75) is 395 Å². The lowest BCUT2D eigenvalue weighted by Crippen LogP contribution is -2.31. The SMILES string of the molecule is CCCCCCc1cc(C#CC(C)(C)O)c(CCCCCC)cc1C#Cc1ccc(C(c2ccc(C#Cc3cc(CCCCCC)c(C#CC(C)(C)O)cc3CCCCCC)cc2)(c2ccc(C#Cc3cc(CCCCCC)c(C#CC(C)(C)O)cc3CCCCCC)cc2)c2ccc(C#Cc3cc(CCCCCC)c(C#CC(C)(C)O)cc3CCCCCC)cc2)cc1. The standard InChI is InChI=1S/C125H156O4/c1-17-25-33-41-49-101-93-113(81-85-121(9,10)126)105(53-45-37-29-21-5)89-109(101)69-57-97-61-73-117(74-62-97)125(118-75-63-98(64-76-118)58-70-110-90-106(54-46-38-30-22-6)114(82-86-122(11,12)127)94-102(110)50-42-34-26-18-2,119-77-65-99(66-78-119)59-71-111-91-107(55-47-39-31-23-7)115(83-87-123(13,14)128)95-103(111)51-43-35-27-19-3)120-79-67-100(68-80-120)60-72-112-92-108(56-48-40-32-24-8)116(84-88-124(15,16)129)96-104(112)52-44-36-28-20-4/h61-68,73-80,89-96,126-129H,17-56H2,1-16H3. The minimum atomic E-state index is -1.13. The Balaban J connectivity index is 1.42. The van der Waals surface area contributed by atoms with Gasteiger partial charge in [0, 0.05) is 66.8 Å². The summed E-state index contributed by atoms with van der Waals surface area (Å²) >= 11 is 0. The third kappa shape index (κ3) is 36.1. The van der Waals surface area contributed by atoms with E-state index in [0.717, 1.165) is 294 Å². The van der Waals surface area contributed by atoms with Crippen LogP contribution in [0.15, 0.2) is 146 Å². The molecule has 0 saturated carbocycles. The van der Waals surface area contributed by atoms with E-state index in [1.165, 1.54) is 95.9 Å². The number of rotatable bonds is 44. The Morgan fingerprint density at radius 1 is 0.178 bits per heavy atom. The van der Waals surface area contributed by atoms with Crippen molar-refractivity contribution >= 4 is 0 Å². The van der Waals surface area contributed by atoms with Crippen LogP contribution in [0.3, 0.4) is 0 Å². The van der Waals surface area contributed by atoms with E-state index in [1.54, 1.807) is 55.4 Å². The van der Waals surface area contributed by atoms with E-state index in [4.69, 9.17) is 0 Å². The Kier molecular flexibility index (Phi) is 44.3. The van der Waals surface area contributed by atoms with E-state index in [9.17, 15) is 20.4 Å². The van der Waals surface area contributed by atoms with Crippen molar-refractivity contribution in [1.82, 2.24) is 0 Å². The van der Waals surface area contributed by atoms with Crippen molar-refractivity contribution in [2.24, 2.45) is 0 Å². The van der Waals surface area contributed by atoms with Gasteiger partial charge in [-0.3, -0.25) is 0 Å². The third-order valence-corrected chi connectivity index (χ3v) is 24.4. The molecule has 0 spiro atoms. The maximum Gasteiger partial charge on any atom is 0.120 e. The van der Waals surface area contributed by atoms with E-state index in [-0.39, 0.29) is 0 Å². The Morgan fingerprint density at radius 3 is 0.450 bits per heavy atom. The molecule has 0 aliphatic carbocycles. The molecule has 680 valence electrons. The van der Waals surface area contributed by atoms with E-state index < -0.39 is 27.8 Å². The molecule has 8 rings (SSSR count). The van der Waals surface area contributed by atoms with Gasteiger partial charge in [0.05, 0.1) is 5.41 Å². The Labute approximate surface area is 784 Å².